The summed E-state index contributed by atoms with van der Waals surface area (Å²) in [5.74, 6) is -0.255. The molecule has 0 bridgehead atoms. The van der Waals surface area contributed by atoms with Gasteiger partial charge in [0.1, 0.15) is 0 Å². The molecule has 1 saturated carbocycles. The first kappa shape index (κ1) is 17.1. The van der Waals surface area contributed by atoms with E-state index >= 15 is 0 Å². The Morgan fingerprint density at radius 2 is 2.00 bits per heavy atom. The molecule has 0 amide bonds. The molecular weight excluding hydrogens is 328 g/mol. The van der Waals surface area contributed by atoms with Gasteiger partial charge in [0.25, 0.3) is 0 Å². The molecule has 24 heavy (non-hydrogen) atoms. The first-order valence-electron chi connectivity index (χ1n) is 8.05. The molecular formula is C17H22N2O4S. The minimum absolute atomic E-state index is 0.210. The number of ether oxygens (including phenoxy) is 1. The van der Waals surface area contributed by atoms with E-state index < -0.39 is 15.4 Å². The van der Waals surface area contributed by atoms with Gasteiger partial charge in [0.2, 0.25) is 10.0 Å². The average molecular weight is 350 g/mol. The summed E-state index contributed by atoms with van der Waals surface area (Å²) in [6.45, 7) is 1.98. The molecule has 1 aliphatic carbocycles. The van der Waals surface area contributed by atoms with Crippen molar-refractivity contribution in [2.45, 2.75) is 29.6 Å². The molecule has 1 aromatic carbocycles. The van der Waals surface area contributed by atoms with E-state index in [-0.39, 0.29) is 10.9 Å². The number of nitrogens with one attached hydrogen (secondary N) is 2. The Balaban J connectivity index is 1.70. The molecule has 0 atom stereocenters. The van der Waals surface area contributed by atoms with Crippen LogP contribution in [0.15, 0.2) is 40.8 Å². The van der Waals surface area contributed by atoms with Crippen molar-refractivity contribution in [3.63, 3.8) is 0 Å². The first-order chi connectivity index (χ1) is 11.5. The van der Waals surface area contributed by atoms with Crippen LogP contribution >= 0.6 is 0 Å². The van der Waals surface area contributed by atoms with Gasteiger partial charge in [-0.05, 0) is 43.5 Å². The highest BCUT2D eigenvalue weighted by Gasteiger charge is 2.52. The first-order valence-corrected chi connectivity index (χ1v) is 9.53. The standard InChI is InChI=1S/C17H22N2O4S/c1-23-16(20)17(8-9-17)14-2-4-15(5-3-14)24(21,22)19-12-13-6-10-18-11-7-13/h2-6,18-19H,7-12H2,1H3. The Hall–Kier alpha value is -1.70. The van der Waals surface area contributed by atoms with Crippen molar-refractivity contribution in [1.82, 2.24) is 10.0 Å². The van der Waals surface area contributed by atoms with Crippen LogP contribution in [0.3, 0.4) is 0 Å². The van der Waals surface area contributed by atoms with Crippen molar-refractivity contribution in [3.8, 4) is 0 Å². The van der Waals surface area contributed by atoms with Crippen LogP contribution in [-0.4, -0.2) is 41.1 Å². The summed E-state index contributed by atoms with van der Waals surface area (Å²) in [5.41, 5.74) is 1.33. The van der Waals surface area contributed by atoms with Crippen LogP contribution in [0, 0.1) is 0 Å². The summed E-state index contributed by atoms with van der Waals surface area (Å²) >= 11 is 0. The van der Waals surface area contributed by atoms with Crippen LogP contribution in [0.2, 0.25) is 0 Å². The zero-order valence-corrected chi connectivity index (χ0v) is 14.5. The Bertz CT molecular complexity index is 749. The molecule has 0 saturated heterocycles. The number of carbonyl (C=O) groups excluding carboxylic acids is 1. The number of hydrogen-bond donors (Lipinski definition) is 2. The van der Waals surface area contributed by atoms with Crippen LogP contribution in [0.5, 0.6) is 0 Å². The third-order valence-electron chi connectivity index (χ3n) is 4.69. The molecule has 0 unspecified atom stereocenters. The van der Waals surface area contributed by atoms with E-state index in [0.717, 1.165) is 43.5 Å². The van der Waals surface area contributed by atoms with Crippen molar-refractivity contribution in [3.05, 3.63) is 41.5 Å². The fourth-order valence-electron chi connectivity index (χ4n) is 2.99. The molecule has 0 aromatic heterocycles. The summed E-state index contributed by atoms with van der Waals surface area (Å²) in [6.07, 6.45) is 4.35. The van der Waals surface area contributed by atoms with E-state index in [4.69, 9.17) is 4.74 Å². The van der Waals surface area contributed by atoms with Crippen molar-refractivity contribution >= 4 is 16.0 Å². The van der Waals surface area contributed by atoms with Crippen LogP contribution in [-0.2, 0) is 25.0 Å². The molecule has 0 spiro atoms. The van der Waals surface area contributed by atoms with Gasteiger partial charge >= 0.3 is 5.97 Å². The monoisotopic (exact) mass is 350 g/mol. The van der Waals surface area contributed by atoms with Crippen molar-refractivity contribution in [2.75, 3.05) is 26.7 Å². The normalized spacial score (nSPS) is 19.5. The van der Waals surface area contributed by atoms with Crippen LogP contribution < -0.4 is 10.0 Å². The van der Waals surface area contributed by atoms with Gasteiger partial charge in [-0.2, -0.15) is 0 Å². The maximum Gasteiger partial charge on any atom is 0.316 e. The fourth-order valence-corrected chi connectivity index (χ4v) is 4.02. The maximum absolute atomic E-state index is 12.4. The lowest BCUT2D eigenvalue weighted by Crippen LogP contribution is -2.29. The van der Waals surface area contributed by atoms with Gasteiger partial charge in [-0.3, -0.25) is 4.79 Å². The number of sulfonamides is 1. The summed E-state index contributed by atoms with van der Waals surface area (Å²) in [7, 11) is -2.18. The highest BCUT2D eigenvalue weighted by atomic mass is 32.2. The number of hydrogen-bond acceptors (Lipinski definition) is 5. The second-order valence-corrected chi connectivity index (χ2v) is 8.01. The zero-order valence-electron chi connectivity index (χ0n) is 13.7. The molecule has 0 radical (unpaired) electrons. The van der Waals surface area contributed by atoms with Gasteiger partial charge in [0.15, 0.2) is 0 Å². The number of methoxy groups -OCH3 is 1. The second-order valence-electron chi connectivity index (χ2n) is 6.24. The number of benzene rings is 1. The predicted octanol–water partition coefficient (Wildman–Crippen LogP) is 1.09. The SMILES string of the molecule is COC(=O)C1(c2ccc(S(=O)(=O)NCC3=CCNCC3)cc2)CC1. The lowest BCUT2D eigenvalue weighted by molar-refractivity contribution is -0.143. The summed E-state index contributed by atoms with van der Waals surface area (Å²) < 4.78 is 32.3. The number of esters is 1. The Kier molecular flexibility index (Phi) is 4.76. The van der Waals surface area contributed by atoms with E-state index in [9.17, 15) is 13.2 Å². The lowest BCUT2D eigenvalue weighted by atomic mass is 9.96. The minimum Gasteiger partial charge on any atom is -0.468 e. The summed E-state index contributed by atoms with van der Waals surface area (Å²) in [6, 6.07) is 6.53. The molecule has 3 rings (SSSR count). The van der Waals surface area contributed by atoms with Crippen LogP contribution in [0.4, 0.5) is 0 Å². The maximum atomic E-state index is 12.4. The van der Waals surface area contributed by atoms with Gasteiger partial charge in [0.05, 0.1) is 17.4 Å². The van der Waals surface area contributed by atoms with Crippen molar-refractivity contribution in [2.24, 2.45) is 0 Å². The van der Waals surface area contributed by atoms with E-state index in [1.165, 1.54) is 7.11 Å². The molecule has 6 nitrogen and oxygen atoms in total. The van der Waals surface area contributed by atoms with Gasteiger partial charge in [0, 0.05) is 13.1 Å². The molecule has 1 aliphatic heterocycles. The molecule has 1 aromatic rings. The second kappa shape index (κ2) is 6.66. The smallest absolute Gasteiger partial charge is 0.316 e. The van der Waals surface area contributed by atoms with E-state index in [2.05, 4.69) is 10.0 Å². The van der Waals surface area contributed by atoms with Gasteiger partial charge < -0.3 is 10.1 Å². The Morgan fingerprint density at radius 1 is 1.29 bits per heavy atom. The highest BCUT2D eigenvalue weighted by molar-refractivity contribution is 7.89. The van der Waals surface area contributed by atoms with Gasteiger partial charge in [-0.25, -0.2) is 13.1 Å². The Morgan fingerprint density at radius 3 is 2.54 bits per heavy atom. The third kappa shape index (κ3) is 3.38. The third-order valence-corrected chi connectivity index (χ3v) is 6.11. The fraction of sp³-hybridized carbons (Fsp3) is 0.471. The zero-order chi connectivity index (χ0) is 17.2. The van der Waals surface area contributed by atoms with Gasteiger partial charge in [-0.15, -0.1) is 0 Å². The van der Waals surface area contributed by atoms with Gasteiger partial charge in [-0.1, -0.05) is 23.8 Å². The largest absolute Gasteiger partial charge is 0.468 e. The summed E-state index contributed by atoms with van der Waals surface area (Å²) in [4.78, 5) is 12.1. The predicted molar refractivity (Wildman–Crippen MR) is 90.1 cm³/mol. The topological polar surface area (TPSA) is 84.5 Å². The highest BCUT2D eigenvalue weighted by Crippen LogP contribution is 2.49. The number of rotatable bonds is 6. The summed E-state index contributed by atoms with van der Waals surface area (Å²) in [5, 5.41) is 3.19. The lowest BCUT2D eigenvalue weighted by Gasteiger charge is -2.16. The van der Waals surface area contributed by atoms with Crippen molar-refractivity contribution in [1.29, 1.82) is 0 Å². The molecule has 2 aliphatic rings. The van der Waals surface area contributed by atoms with Crippen molar-refractivity contribution < 1.29 is 17.9 Å². The molecule has 130 valence electrons. The average Bonchev–Trinajstić information content (AvgIpc) is 3.42. The molecule has 1 fully saturated rings. The molecule has 1 heterocycles. The molecule has 7 heteroatoms. The van der Waals surface area contributed by atoms with Crippen LogP contribution in [0.1, 0.15) is 24.8 Å². The minimum atomic E-state index is -3.55. The number of carbonyl (C=O) groups is 1. The molecule has 2 N–H and O–H groups in total. The Labute approximate surface area is 142 Å². The van der Waals surface area contributed by atoms with Crippen LogP contribution in [0.25, 0.3) is 0 Å². The quantitative estimate of drug-likeness (QED) is 0.593. The van der Waals surface area contributed by atoms with E-state index in [0.29, 0.717) is 6.54 Å². The van der Waals surface area contributed by atoms with E-state index in [1.54, 1.807) is 24.3 Å². The van der Waals surface area contributed by atoms with E-state index in [1.807, 2.05) is 6.08 Å².